The number of nitrogens with zero attached hydrogens (tertiary/aromatic N) is 3. The fourth-order valence-corrected chi connectivity index (χ4v) is 2.53. The van der Waals surface area contributed by atoms with Gasteiger partial charge in [-0.15, -0.1) is 0 Å². The summed E-state index contributed by atoms with van der Waals surface area (Å²) in [7, 11) is 0. The van der Waals surface area contributed by atoms with Crippen LogP contribution < -0.4 is 5.73 Å². The molecule has 1 saturated heterocycles. The van der Waals surface area contributed by atoms with Crippen LogP contribution in [0.5, 0.6) is 0 Å². The van der Waals surface area contributed by atoms with E-state index in [1.165, 1.54) is 0 Å². The number of aromatic nitrogens is 2. The van der Waals surface area contributed by atoms with Crippen LogP contribution in [0.3, 0.4) is 0 Å². The second-order valence-corrected chi connectivity index (χ2v) is 5.36. The number of hydrogen-bond donors (Lipinski definition) is 1. The molecule has 0 spiro atoms. The molecule has 1 atom stereocenters. The molecule has 0 amide bonds. The largest absolute Gasteiger partial charge is 0.399 e. The summed E-state index contributed by atoms with van der Waals surface area (Å²) >= 11 is 6.15. The molecule has 3 rings (SSSR count). The van der Waals surface area contributed by atoms with Crippen LogP contribution in [0.15, 0.2) is 22.7 Å². The van der Waals surface area contributed by atoms with Crippen LogP contribution in [0.1, 0.15) is 18.9 Å². The zero-order valence-electron chi connectivity index (χ0n) is 11.8. The Hall–Kier alpha value is -1.63. The minimum absolute atomic E-state index is 0.170. The molecule has 1 aromatic carbocycles. The Morgan fingerprint density at radius 3 is 3.14 bits per heavy atom. The maximum atomic E-state index is 6.15. The first-order valence-corrected chi connectivity index (χ1v) is 7.28. The predicted octanol–water partition coefficient (Wildman–Crippen LogP) is 2.37. The van der Waals surface area contributed by atoms with Gasteiger partial charge in [0.05, 0.1) is 17.2 Å². The van der Waals surface area contributed by atoms with Gasteiger partial charge in [0, 0.05) is 18.8 Å². The molecule has 21 heavy (non-hydrogen) atoms. The molecule has 1 aliphatic rings. The Balaban J connectivity index is 1.84. The molecule has 0 saturated carbocycles. The first-order valence-electron chi connectivity index (χ1n) is 6.90. The van der Waals surface area contributed by atoms with Gasteiger partial charge < -0.3 is 15.0 Å². The van der Waals surface area contributed by atoms with Crippen molar-refractivity contribution in [2.75, 3.05) is 32.0 Å². The topological polar surface area (TPSA) is 77.4 Å². The SMILES string of the molecule is CCN1CCOC(c2noc(-c3cc(N)ccc3Cl)n2)C1. The van der Waals surface area contributed by atoms with Crippen LogP contribution >= 0.6 is 11.6 Å². The molecule has 1 fully saturated rings. The quantitative estimate of drug-likeness (QED) is 0.877. The van der Waals surface area contributed by atoms with Crippen LogP contribution in [0.2, 0.25) is 5.02 Å². The van der Waals surface area contributed by atoms with E-state index >= 15 is 0 Å². The summed E-state index contributed by atoms with van der Waals surface area (Å²) in [6.45, 7) is 5.46. The lowest BCUT2D eigenvalue weighted by Crippen LogP contribution is -2.38. The van der Waals surface area contributed by atoms with Gasteiger partial charge in [0.25, 0.3) is 5.89 Å². The highest BCUT2D eigenvalue weighted by Gasteiger charge is 2.26. The maximum absolute atomic E-state index is 6.15. The molecule has 0 radical (unpaired) electrons. The standard InChI is InChI=1S/C14H17ClN4O2/c1-2-19-5-6-20-12(8-19)13-17-14(21-18-13)10-7-9(16)3-4-11(10)15/h3-4,7,12H,2,5-6,8,16H2,1H3. The van der Waals surface area contributed by atoms with Gasteiger partial charge in [-0.25, -0.2) is 0 Å². The highest BCUT2D eigenvalue weighted by atomic mass is 35.5. The molecular weight excluding hydrogens is 292 g/mol. The van der Waals surface area contributed by atoms with Crippen molar-refractivity contribution in [3.05, 3.63) is 29.0 Å². The average molecular weight is 309 g/mol. The number of benzene rings is 1. The van der Waals surface area contributed by atoms with E-state index in [2.05, 4.69) is 22.0 Å². The van der Waals surface area contributed by atoms with Crippen molar-refractivity contribution in [2.45, 2.75) is 13.0 Å². The summed E-state index contributed by atoms with van der Waals surface area (Å²) in [5.74, 6) is 0.904. The monoisotopic (exact) mass is 308 g/mol. The molecule has 1 aromatic heterocycles. The Bertz CT molecular complexity index is 631. The average Bonchev–Trinajstić information content (AvgIpc) is 2.99. The van der Waals surface area contributed by atoms with Crippen LogP contribution in [0.25, 0.3) is 11.5 Å². The molecule has 7 heteroatoms. The van der Waals surface area contributed by atoms with E-state index in [0.717, 1.165) is 19.6 Å². The highest BCUT2D eigenvalue weighted by Crippen LogP contribution is 2.30. The van der Waals surface area contributed by atoms with Gasteiger partial charge in [-0.1, -0.05) is 23.7 Å². The Morgan fingerprint density at radius 2 is 2.33 bits per heavy atom. The summed E-state index contributed by atoms with van der Waals surface area (Å²) in [4.78, 5) is 6.69. The second kappa shape index (κ2) is 6.01. The normalized spacial score (nSPS) is 19.8. The minimum Gasteiger partial charge on any atom is -0.399 e. The molecule has 0 bridgehead atoms. The number of halogens is 1. The fraction of sp³-hybridized carbons (Fsp3) is 0.429. The molecule has 2 aromatic rings. The lowest BCUT2D eigenvalue weighted by atomic mass is 10.2. The lowest BCUT2D eigenvalue weighted by Gasteiger charge is -2.30. The van der Waals surface area contributed by atoms with Crippen molar-refractivity contribution in [1.29, 1.82) is 0 Å². The van der Waals surface area contributed by atoms with E-state index in [4.69, 9.17) is 26.6 Å². The minimum atomic E-state index is -0.170. The van der Waals surface area contributed by atoms with Crippen LogP contribution in [-0.4, -0.2) is 41.3 Å². The summed E-state index contributed by atoms with van der Waals surface area (Å²) in [6, 6.07) is 5.16. The lowest BCUT2D eigenvalue weighted by molar-refractivity contribution is -0.0334. The number of rotatable bonds is 3. The van der Waals surface area contributed by atoms with E-state index < -0.39 is 0 Å². The van der Waals surface area contributed by atoms with Gasteiger partial charge in [0.15, 0.2) is 0 Å². The first-order chi connectivity index (χ1) is 10.2. The van der Waals surface area contributed by atoms with Crippen LogP contribution in [0, 0.1) is 0 Å². The van der Waals surface area contributed by atoms with Crippen molar-refractivity contribution >= 4 is 17.3 Å². The molecule has 6 nitrogen and oxygen atoms in total. The number of morpholine rings is 1. The fourth-order valence-electron chi connectivity index (χ4n) is 2.33. The zero-order chi connectivity index (χ0) is 14.8. The van der Waals surface area contributed by atoms with Crippen molar-refractivity contribution < 1.29 is 9.26 Å². The van der Waals surface area contributed by atoms with E-state index in [-0.39, 0.29) is 6.10 Å². The van der Waals surface area contributed by atoms with Gasteiger partial charge in [0.1, 0.15) is 6.10 Å². The molecule has 0 aliphatic carbocycles. The third-order valence-corrected chi connectivity index (χ3v) is 3.88. The summed E-state index contributed by atoms with van der Waals surface area (Å²) in [5, 5.41) is 4.55. The van der Waals surface area contributed by atoms with Gasteiger partial charge in [-0.2, -0.15) is 4.98 Å². The third-order valence-electron chi connectivity index (χ3n) is 3.55. The van der Waals surface area contributed by atoms with Gasteiger partial charge in [0.2, 0.25) is 5.82 Å². The van der Waals surface area contributed by atoms with E-state index in [0.29, 0.717) is 34.6 Å². The number of nitrogen functional groups attached to an aromatic ring is 1. The molecule has 2 heterocycles. The van der Waals surface area contributed by atoms with E-state index in [1.807, 2.05) is 0 Å². The number of nitrogens with two attached hydrogens (primary N) is 1. The van der Waals surface area contributed by atoms with Crippen LogP contribution in [-0.2, 0) is 4.74 Å². The Labute approximate surface area is 127 Å². The van der Waals surface area contributed by atoms with Gasteiger partial charge in [-0.3, -0.25) is 4.90 Å². The molecule has 112 valence electrons. The first kappa shape index (κ1) is 14.3. The summed E-state index contributed by atoms with van der Waals surface area (Å²) in [6.07, 6.45) is -0.170. The number of hydrogen-bond acceptors (Lipinski definition) is 6. The molecule has 2 N–H and O–H groups in total. The zero-order valence-corrected chi connectivity index (χ0v) is 12.5. The Morgan fingerprint density at radius 1 is 1.48 bits per heavy atom. The van der Waals surface area contributed by atoms with Crippen molar-refractivity contribution in [3.8, 4) is 11.5 Å². The summed E-state index contributed by atoms with van der Waals surface area (Å²) in [5.41, 5.74) is 7.01. The number of ether oxygens (including phenoxy) is 1. The van der Waals surface area contributed by atoms with Crippen molar-refractivity contribution in [1.82, 2.24) is 15.0 Å². The smallest absolute Gasteiger partial charge is 0.259 e. The third kappa shape index (κ3) is 3.02. The van der Waals surface area contributed by atoms with Crippen molar-refractivity contribution in [2.24, 2.45) is 0 Å². The van der Waals surface area contributed by atoms with Gasteiger partial charge >= 0.3 is 0 Å². The predicted molar refractivity (Wildman–Crippen MR) is 80.0 cm³/mol. The maximum Gasteiger partial charge on any atom is 0.259 e. The summed E-state index contributed by atoms with van der Waals surface area (Å²) < 4.78 is 11.0. The van der Waals surface area contributed by atoms with E-state index in [1.54, 1.807) is 18.2 Å². The van der Waals surface area contributed by atoms with Gasteiger partial charge in [-0.05, 0) is 24.7 Å². The number of anilines is 1. The van der Waals surface area contributed by atoms with Crippen molar-refractivity contribution in [3.63, 3.8) is 0 Å². The Kier molecular flexibility index (Phi) is 4.10. The molecule has 1 unspecified atom stereocenters. The second-order valence-electron chi connectivity index (χ2n) is 4.95. The highest BCUT2D eigenvalue weighted by molar-refractivity contribution is 6.33. The number of likely N-dealkylation sites (N-methyl/N-ethyl adjacent to an activating group) is 1. The molecular formula is C14H17ClN4O2. The van der Waals surface area contributed by atoms with Crippen LogP contribution in [0.4, 0.5) is 5.69 Å². The molecule has 1 aliphatic heterocycles. The van der Waals surface area contributed by atoms with E-state index in [9.17, 15) is 0 Å².